The van der Waals surface area contributed by atoms with Crippen LogP contribution in [0.4, 0.5) is 0 Å². The van der Waals surface area contributed by atoms with Crippen LogP contribution in [-0.2, 0) is 16.4 Å². The number of hydrogen-bond donors (Lipinski definition) is 2. The maximum absolute atomic E-state index is 10.9. The Kier molecular flexibility index (Phi) is 6.20. The number of rotatable bonds is 3. The molecule has 98 valence electrons. The SMILES string of the molecule is CCc1ccc(OP(=O)(O)O)c(C(C)(C)C)c1.[LiH]. The summed E-state index contributed by atoms with van der Waals surface area (Å²) in [5, 5.41) is 0. The van der Waals surface area contributed by atoms with Crippen molar-refractivity contribution in [2.45, 2.75) is 39.5 Å². The number of aryl methyl sites for hydroxylation is 1. The van der Waals surface area contributed by atoms with Gasteiger partial charge >= 0.3 is 26.7 Å². The Morgan fingerprint density at radius 2 is 1.83 bits per heavy atom. The van der Waals surface area contributed by atoms with Crippen molar-refractivity contribution in [3.05, 3.63) is 29.3 Å². The van der Waals surface area contributed by atoms with Crippen molar-refractivity contribution in [2.24, 2.45) is 0 Å². The fraction of sp³-hybridized carbons (Fsp3) is 0.500. The second-order valence-electron chi connectivity index (χ2n) is 5.02. The summed E-state index contributed by atoms with van der Waals surface area (Å²) in [7, 11) is -4.51. The van der Waals surface area contributed by atoms with Gasteiger partial charge in [-0.2, -0.15) is 0 Å². The maximum atomic E-state index is 10.9. The van der Waals surface area contributed by atoms with Gasteiger partial charge in [0.2, 0.25) is 0 Å². The molecule has 0 aromatic heterocycles. The summed E-state index contributed by atoms with van der Waals surface area (Å²) in [6.45, 7) is 7.97. The monoisotopic (exact) mass is 266 g/mol. The van der Waals surface area contributed by atoms with Gasteiger partial charge in [0.25, 0.3) is 0 Å². The van der Waals surface area contributed by atoms with Crippen molar-refractivity contribution in [2.75, 3.05) is 0 Å². The molecule has 1 aromatic rings. The first-order valence-corrected chi connectivity index (χ1v) is 7.05. The minimum atomic E-state index is -4.51. The number of phosphoric ester groups is 1. The third kappa shape index (κ3) is 5.18. The van der Waals surface area contributed by atoms with Gasteiger partial charge < -0.3 is 4.52 Å². The molecule has 0 aliphatic rings. The van der Waals surface area contributed by atoms with Crippen molar-refractivity contribution in [3.8, 4) is 5.75 Å². The van der Waals surface area contributed by atoms with Gasteiger partial charge in [-0.25, -0.2) is 4.57 Å². The van der Waals surface area contributed by atoms with Crippen LogP contribution in [0.3, 0.4) is 0 Å². The quantitative estimate of drug-likeness (QED) is 0.651. The van der Waals surface area contributed by atoms with E-state index in [1.54, 1.807) is 6.07 Å². The van der Waals surface area contributed by atoms with Gasteiger partial charge in [0.1, 0.15) is 5.75 Å². The first-order chi connectivity index (χ1) is 7.63. The van der Waals surface area contributed by atoms with Crippen LogP contribution in [0, 0.1) is 0 Å². The molecule has 0 unspecified atom stereocenters. The van der Waals surface area contributed by atoms with E-state index in [-0.39, 0.29) is 30.0 Å². The Labute approximate surface area is 120 Å². The Bertz CT molecular complexity index is 448. The van der Waals surface area contributed by atoms with E-state index in [9.17, 15) is 4.57 Å². The summed E-state index contributed by atoms with van der Waals surface area (Å²) in [5.74, 6) is 0.253. The predicted octanol–water partition coefficient (Wildman–Crippen LogP) is 2.37. The first kappa shape index (κ1) is 17.8. The molecule has 0 atom stereocenters. The fourth-order valence-corrected chi connectivity index (χ4v) is 2.01. The molecule has 0 saturated heterocycles. The van der Waals surface area contributed by atoms with E-state index in [0.29, 0.717) is 0 Å². The predicted molar refractivity (Wildman–Crippen MR) is 74.3 cm³/mol. The van der Waals surface area contributed by atoms with Crippen molar-refractivity contribution >= 4 is 26.7 Å². The van der Waals surface area contributed by atoms with Crippen molar-refractivity contribution in [3.63, 3.8) is 0 Å². The second-order valence-corrected chi connectivity index (χ2v) is 6.18. The van der Waals surface area contributed by atoms with Gasteiger partial charge in [0.15, 0.2) is 0 Å². The molecule has 0 amide bonds. The van der Waals surface area contributed by atoms with Gasteiger partial charge in [-0.15, -0.1) is 0 Å². The Morgan fingerprint density at radius 3 is 2.22 bits per heavy atom. The third-order valence-electron chi connectivity index (χ3n) is 2.48. The van der Waals surface area contributed by atoms with Gasteiger partial charge in [-0.05, 0) is 23.5 Å². The molecule has 0 saturated carbocycles. The number of benzene rings is 1. The number of phosphoric acid groups is 1. The molecule has 0 aliphatic carbocycles. The molecule has 4 nitrogen and oxygen atoms in total. The second kappa shape index (κ2) is 6.28. The molecule has 2 N–H and O–H groups in total. The van der Waals surface area contributed by atoms with Crippen LogP contribution >= 0.6 is 7.82 Å². The van der Waals surface area contributed by atoms with E-state index in [1.807, 2.05) is 39.8 Å². The fourth-order valence-electron chi connectivity index (χ4n) is 1.59. The molecule has 6 heteroatoms. The molecule has 0 spiro atoms. The summed E-state index contributed by atoms with van der Waals surface area (Å²) in [6, 6.07) is 5.38. The van der Waals surface area contributed by atoms with Gasteiger partial charge in [0, 0.05) is 5.56 Å². The number of hydrogen-bond acceptors (Lipinski definition) is 2. The van der Waals surface area contributed by atoms with Crippen LogP contribution in [0.2, 0.25) is 0 Å². The molecule has 0 fully saturated rings. The summed E-state index contributed by atoms with van der Waals surface area (Å²) in [5.41, 5.74) is 1.70. The van der Waals surface area contributed by atoms with E-state index in [4.69, 9.17) is 14.3 Å². The van der Waals surface area contributed by atoms with Crippen molar-refractivity contribution < 1.29 is 18.9 Å². The van der Waals surface area contributed by atoms with Gasteiger partial charge in [-0.1, -0.05) is 39.8 Å². The Morgan fingerprint density at radius 1 is 1.28 bits per heavy atom. The zero-order valence-corrected chi connectivity index (χ0v) is 11.5. The molecule has 0 radical (unpaired) electrons. The summed E-state index contributed by atoms with van der Waals surface area (Å²) >= 11 is 0. The average Bonchev–Trinajstić information content (AvgIpc) is 2.14. The van der Waals surface area contributed by atoms with Crippen LogP contribution in [0.1, 0.15) is 38.8 Å². The summed E-state index contributed by atoms with van der Waals surface area (Å²) in [4.78, 5) is 17.8. The Balaban J connectivity index is 0.00000289. The molecule has 1 aromatic carbocycles. The van der Waals surface area contributed by atoms with E-state index < -0.39 is 7.82 Å². The van der Waals surface area contributed by atoms with Gasteiger partial charge in [-0.3, -0.25) is 9.79 Å². The van der Waals surface area contributed by atoms with Crippen molar-refractivity contribution in [1.82, 2.24) is 0 Å². The van der Waals surface area contributed by atoms with Crippen LogP contribution in [0.5, 0.6) is 5.75 Å². The van der Waals surface area contributed by atoms with E-state index in [2.05, 4.69) is 0 Å². The van der Waals surface area contributed by atoms with Crippen LogP contribution in [0.25, 0.3) is 0 Å². The summed E-state index contributed by atoms with van der Waals surface area (Å²) in [6.07, 6.45) is 0.874. The molecular formula is C12H20LiO4P. The average molecular weight is 266 g/mol. The zero-order valence-electron chi connectivity index (χ0n) is 10.6. The Hall–Kier alpha value is -0.233. The van der Waals surface area contributed by atoms with Gasteiger partial charge in [0.05, 0.1) is 0 Å². The van der Waals surface area contributed by atoms with Crippen LogP contribution in [0.15, 0.2) is 18.2 Å². The normalized spacial score (nSPS) is 11.9. The van der Waals surface area contributed by atoms with E-state index in [1.165, 1.54) is 0 Å². The van der Waals surface area contributed by atoms with Crippen LogP contribution < -0.4 is 4.52 Å². The molecular weight excluding hydrogens is 246 g/mol. The standard InChI is InChI=1S/C12H19O4P.Li.H/c1-5-9-6-7-11(16-17(13,14)15)10(8-9)12(2,3)4;;/h6-8H,5H2,1-4H3,(H2,13,14,15);;. The molecule has 0 heterocycles. The third-order valence-corrected chi connectivity index (χ3v) is 2.91. The molecule has 0 aliphatic heterocycles. The molecule has 1 rings (SSSR count). The molecule has 18 heavy (non-hydrogen) atoms. The van der Waals surface area contributed by atoms with E-state index in [0.717, 1.165) is 17.5 Å². The van der Waals surface area contributed by atoms with Crippen LogP contribution in [-0.4, -0.2) is 28.6 Å². The topological polar surface area (TPSA) is 66.8 Å². The summed E-state index contributed by atoms with van der Waals surface area (Å²) < 4.78 is 15.6. The van der Waals surface area contributed by atoms with Crippen molar-refractivity contribution in [1.29, 1.82) is 0 Å². The minimum absolute atomic E-state index is 0. The first-order valence-electron chi connectivity index (χ1n) is 5.52. The molecule has 0 bridgehead atoms. The zero-order chi connectivity index (χ0) is 13.3. The van der Waals surface area contributed by atoms with E-state index >= 15 is 0 Å².